The minimum atomic E-state index is -0.653. The lowest BCUT2D eigenvalue weighted by atomic mass is 9.93. The molecule has 2 aromatic rings. The van der Waals surface area contributed by atoms with Crippen molar-refractivity contribution in [3.05, 3.63) is 77.0 Å². The van der Waals surface area contributed by atoms with Gasteiger partial charge in [-0.3, -0.25) is 9.59 Å². The van der Waals surface area contributed by atoms with Crippen molar-refractivity contribution < 1.29 is 18.4 Å². The highest BCUT2D eigenvalue weighted by atomic mass is 19.1. The summed E-state index contributed by atoms with van der Waals surface area (Å²) in [5.74, 6) is -1.58. The average Bonchev–Trinajstić information content (AvgIpc) is 3.52. The summed E-state index contributed by atoms with van der Waals surface area (Å²) in [7, 11) is 0. The Balaban J connectivity index is 1.58. The van der Waals surface area contributed by atoms with Gasteiger partial charge in [-0.25, -0.2) is 8.78 Å². The molecule has 0 saturated heterocycles. The van der Waals surface area contributed by atoms with E-state index in [1.807, 2.05) is 30.3 Å². The number of amides is 2. The van der Waals surface area contributed by atoms with Crippen LogP contribution in [0.1, 0.15) is 48.9 Å². The SMILES string of the molecule is CC(=O)N1C=Cc2ccccc2C1CC(=O)N(Cc1ccc(F)cc1F)C1CC1. The van der Waals surface area contributed by atoms with Crippen LogP contribution in [0, 0.1) is 11.6 Å². The number of rotatable bonds is 5. The van der Waals surface area contributed by atoms with Crippen LogP contribution in [-0.2, 0) is 16.1 Å². The summed E-state index contributed by atoms with van der Waals surface area (Å²) in [4.78, 5) is 28.6. The van der Waals surface area contributed by atoms with E-state index < -0.39 is 17.7 Å². The summed E-state index contributed by atoms with van der Waals surface area (Å²) in [6.07, 6.45) is 5.42. The van der Waals surface area contributed by atoms with Gasteiger partial charge >= 0.3 is 0 Å². The summed E-state index contributed by atoms with van der Waals surface area (Å²) < 4.78 is 27.4. The molecule has 6 heteroatoms. The number of carbonyl (C=O) groups is 2. The van der Waals surface area contributed by atoms with E-state index in [1.54, 1.807) is 16.0 Å². The van der Waals surface area contributed by atoms with E-state index >= 15 is 0 Å². The van der Waals surface area contributed by atoms with Crippen LogP contribution in [0.15, 0.2) is 48.7 Å². The van der Waals surface area contributed by atoms with Gasteiger partial charge in [0.15, 0.2) is 0 Å². The molecule has 2 amide bonds. The largest absolute Gasteiger partial charge is 0.335 e. The Kier molecular flexibility index (Phi) is 5.18. The molecule has 150 valence electrons. The Morgan fingerprint density at radius 2 is 1.90 bits per heavy atom. The van der Waals surface area contributed by atoms with Gasteiger partial charge in [0.2, 0.25) is 11.8 Å². The van der Waals surface area contributed by atoms with Crippen LogP contribution in [-0.4, -0.2) is 27.7 Å². The summed E-state index contributed by atoms with van der Waals surface area (Å²) in [5, 5.41) is 0. The van der Waals surface area contributed by atoms with Gasteiger partial charge in [-0.1, -0.05) is 30.3 Å². The summed E-state index contributed by atoms with van der Waals surface area (Å²) >= 11 is 0. The third-order valence-corrected chi connectivity index (χ3v) is 5.50. The zero-order valence-electron chi connectivity index (χ0n) is 16.1. The first-order valence-electron chi connectivity index (χ1n) is 9.73. The van der Waals surface area contributed by atoms with Crippen molar-refractivity contribution in [2.45, 2.75) is 44.8 Å². The number of halogens is 2. The van der Waals surface area contributed by atoms with Crippen LogP contribution in [0.5, 0.6) is 0 Å². The molecule has 1 unspecified atom stereocenters. The van der Waals surface area contributed by atoms with Gasteiger partial charge in [0, 0.05) is 37.3 Å². The number of benzene rings is 2. The van der Waals surface area contributed by atoms with E-state index in [-0.39, 0.29) is 30.8 Å². The quantitative estimate of drug-likeness (QED) is 0.751. The van der Waals surface area contributed by atoms with Crippen LogP contribution in [0.2, 0.25) is 0 Å². The van der Waals surface area contributed by atoms with Crippen molar-refractivity contribution >= 4 is 17.9 Å². The van der Waals surface area contributed by atoms with Crippen LogP contribution < -0.4 is 0 Å². The molecule has 1 aliphatic heterocycles. The first kappa shape index (κ1) is 19.3. The number of hydrogen-bond donors (Lipinski definition) is 0. The molecular weight excluding hydrogens is 374 g/mol. The number of hydrogen-bond acceptors (Lipinski definition) is 2. The van der Waals surface area contributed by atoms with Crippen molar-refractivity contribution in [3.63, 3.8) is 0 Å². The predicted molar refractivity (Wildman–Crippen MR) is 105 cm³/mol. The van der Waals surface area contributed by atoms with Gasteiger partial charge in [0.1, 0.15) is 11.6 Å². The molecule has 0 aromatic heterocycles. The molecule has 0 N–H and O–H groups in total. The fraction of sp³-hybridized carbons (Fsp3) is 0.304. The second-order valence-corrected chi connectivity index (χ2v) is 7.58. The summed E-state index contributed by atoms with van der Waals surface area (Å²) in [5.41, 5.74) is 2.19. The van der Waals surface area contributed by atoms with E-state index in [0.717, 1.165) is 30.0 Å². The molecule has 4 nitrogen and oxygen atoms in total. The van der Waals surface area contributed by atoms with Gasteiger partial charge in [-0.2, -0.15) is 0 Å². The molecule has 1 heterocycles. The van der Waals surface area contributed by atoms with Gasteiger partial charge < -0.3 is 9.80 Å². The second-order valence-electron chi connectivity index (χ2n) is 7.58. The molecular formula is C23H22F2N2O2. The normalized spacial score (nSPS) is 17.8. The Hall–Kier alpha value is -3.02. The third kappa shape index (κ3) is 4.06. The smallest absolute Gasteiger partial charge is 0.225 e. The van der Waals surface area contributed by atoms with Gasteiger partial charge in [-0.15, -0.1) is 0 Å². The summed E-state index contributed by atoms with van der Waals surface area (Å²) in [6.45, 7) is 1.57. The maximum absolute atomic E-state index is 14.1. The molecule has 4 rings (SSSR count). The summed E-state index contributed by atoms with van der Waals surface area (Å²) in [6, 6.07) is 10.8. The molecule has 0 bridgehead atoms. The van der Waals surface area contributed by atoms with E-state index in [1.165, 1.54) is 19.1 Å². The van der Waals surface area contributed by atoms with Gasteiger partial charge in [0.05, 0.1) is 12.5 Å². The average molecular weight is 396 g/mol. The molecule has 0 spiro atoms. The predicted octanol–water partition coefficient (Wildman–Crippen LogP) is 4.42. The highest BCUT2D eigenvalue weighted by molar-refractivity contribution is 5.82. The zero-order valence-corrected chi connectivity index (χ0v) is 16.1. The Labute approximate surface area is 168 Å². The molecule has 1 fully saturated rings. The fourth-order valence-electron chi connectivity index (χ4n) is 3.84. The number of nitrogens with zero attached hydrogens (tertiary/aromatic N) is 2. The fourth-order valence-corrected chi connectivity index (χ4v) is 3.84. The van der Waals surface area contributed by atoms with Crippen molar-refractivity contribution in [2.75, 3.05) is 0 Å². The molecule has 1 atom stereocenters. The highest BCUT2D eigenvalue weighted by Crippen LogP contribution is 2.36. The van der Waals surface area contributed by atoms with Crippen molar-refractivity contribution in [2.24, 2.45) is 0 Å². The topological polar surface area (TPSA) is 40.6 Å². The van der Waals surface area contributed by atoms with Crippen LogP contribution in [0.4, 0.5) is 8.78 Å². The van der Waals surface area contributed by atoms with Gasteiger partial charge in [-0.05, 0) is 36.1 Å². The molecule has 2 aromatic carbocycles. The molecule has 1 aliphatic carbocycles. The minimum absolute atomic E-state index is 0.0621. The lowest BCUT2D eigenvalue weighted by molar-refractivity contribution is -0.135. The standard InChI is InChI=1S/C23H22F2N2O2/c1-15(28)26-11-10-16-4-2-3-5-20(16)22(26)13-23(29)27(19-8-9-19)14-17-6-7-18(24)12-21(17)25/h2-7,10-12,19,22H,8-9,13-14H2,1H3. The first-order valence-corrected chi connectivity index (χ1v) is 9.73. The first-order chi connectivity index (χ1) is 13.9. The third-order valence-electron chi connectivity index (χ3n) is 5.50. The minimum Gasteiger partial charge on any atom is -0.335 e. The van der Waals surface area contributed by atoms with Crippen molar-refractivity contribution in [1.82, 2.24) is 9.80 Å². The van der Waals surface area contributed by atoms with Crippen molar-refractivity contribution in [3.8, 4) is 0 Å². The maximum Gasteiger partial charge on any atom is 0.225 e. The highest BCUT2D eigenvalue weighted by Gasteiger charge is 2.36. The van der Waals surface area contributed by atoms with Crippen LogP contribution >= 0.6 is 0 Å². The molecule has 1 saturated carbocycles. The van der Waals surface area contributed by atoms with E-state index in [2.05, 4.69) is 0 Å². The molecule has 29 heavy (non-hydrogen) atoms. The Morgan fingerprint density at radius 3 is 2.59 bits per heavy atom. The Morgan fingerprint density at radius 1 is 1.14 bits per heavy atom. The van der Waals surface area contributed by atoms with E-state index in [9.17, 15) is 18.4 Å². The van der Waals surface area contributed by atoms with Crippen molar-refractivity contribution in [1.29, 1.82) is 0 Å². The number of carbonyl (C=O) groups excluding carboxylic acids is 2. The monoisotopic (exact) mass is 396 g/mol. The lowest BCUT2D eigenvalue weighted by Gasteiger charge is -2.34. The second kappa shape index (κ2) is 7.78. The number of fused-ring (bicyclic) bond motifs is 1. The maximum atomic E-state index is 14.1. The lowest BCUT2D eigenvalue weighted by Crippen LogP contribution is -2.38. The van der Waals surface area contributed by atoms with Crippen LogP contribution in [0.25, 0.3) is 6.08 Å². The van der Waals surface area contributed by atoms with Crippen LogP contribution in [0.3, 0.4) is 0 Å². The van der Waals surface area contributed by atoms with E-state index in [0.29, 0.717) is 5.56 Å². The Bertz CT molecular complexity index is 985. The van der Waals surface area contributed by atoms with Gasteiger partial charge in [0.25, 0.3) is 0 Å². The molecule has 2 aliphatic rings. The molecule has 0 radical (unpaired) electrons. The van der Waals surface area contributed by atoms with E-state index in [4.69, 9.17) is 0 Å². The zero-order chi connectivity index (χ0) is 20.5.